The van der Waals surface area contributed by atoms with Gasteiger partial charge in [-0.3, -0.25) is 0 Å². The zero-order valence-corrected chi connectivity index (χ0v) is 10.7. The lowest BCUT2D eigenvalue weighted by Crippen LogP contribution is -2.49. The molecule has 0 fully saturated rings. The summed E-state index contributed by atoms with van der Waals surface area (Å²) >= 11 is 0. The van der Waals surface area contributed by atoms with Crippen molar-refractivity contribution in [3.8, 4) is 0 Å². The molecule has 0 saturated carbocycles. The average molecular weight is 294 g/mol. The van der Waals surface area contributed by atoms with E-state index in [1.807, 2.05) is 6.92 Å². The van der Waals surface area contributed by atoms with E-state index in [0.717, 1.165) is 0 Å². The van der Waals surface area contributed by atoms with Gasteiger partial charge in [-0.05, 0) is 6.42 Å². The van der Waals surface area contributed by atoms with Crippen LogP contribution in [-0.2, 0) is 10.3 Å². The Morgan fingerprint density at radius 1 is 1.39 bits per heavy atom. The number of hydrogen-bond donors (Lipinski definition) is 1. The molecule has 0 amide bonds. The summed E-state index contributed by atoms with van der Waals surface area (Å²) in [6.07, 6.45) is 3.89. The van der Waals surface area contributed by atoms with Gasteiger partial charge in [0.25, 0.3) is 0 Å². The van der Waals surface area contributed by atoms with Gasteiger partial charge in [0.05, 0.1) is 6.20 Å². The van der Waals surface area contributed by atoms with Gasteiger partial charge in [0.15, 0.2) is 6.67 Å². The first-order valence-corrected chi connectivity index (χ1v) is 6.42. The maximum atomic E-state index is 11.1. The maximum Gasteiger partial charge on any atom is 0.673 e. The topological polar surface area (TPSA) is 57.6 Å². The zero-order valence-electron chi connectivity index (χ0n) is 9.93. The van der Waals surface area contributed by atoms with E-state index in [-0.39, 0.29) is 10.6 Å². The van der Waals surface area contributed by atoms with Crippen LogP contribution in [0.3, 0.4) is 0 Å². The zero-order chi connectivity index (χ0) is 14.6. The first kappa shape index (κ1) is 17.2. The summed E-state index contributed by atoms with van der Waals surface area (Å²) < 4.78 is 70.0. The Labute approximate surface area is 103 Å². The molecule has 0 bridgehead atoms. The van der Waals surface area contributed by atoms with Gasteiger partial charge in [-0.25, -0.2) is 4.55 Å². The summed E-state index contributed by atoms with van der Waals surface area (Å²) in [5.74, 6) is 0. The molecule has 0 saturated heterocycles. The van der Waals surface area contributed by atoms with Crippen LogP contribution in [0, 0.1) is 0 Å². The fourth-order valence-electron chi connectivity index (χ4n) is 1.50. The van der Waals surface area contributed by atoms with Crippen LogP contribution in [0.15, 0.2) is 12.4 Å². The Hall–Kier alpha value is -0.805. The predicted octanol–water partition coefficient (Wildman–Crippen LogP) is 1.69. The molecule has 1 aliphatic heterocycles. The van der Waals surface area contributed by atoms with E-state index < -0.39 is 17.6 Å². The first-order valence-electron chi connectivity index (χ1n) is 5.02. The van der Waals surface area contributed by atoms with Crippen molar-refractivity contribution in [2.24, 2.45) is 0 Å². The third-order valence-electron chi connectivity index (χ3n) is 2.12. The second kappa shape index (κ2) is 5.89. The Balaban J connectivity index is 0.000000494. The predicted molar refractivity (Wildman–Crippen MR) is 58.9 cm³/mol. The molecule has 0 aromatic rings. The van der Waals surface area contributed by atoms with Gasteiger partial charge in [0.2, 0.25) is 0 Å². The Kier molecular flexibility index (Phi) is 5.63. The minimum Gasteiger partial charge on any atom is -0.418 e. The van der Waals surface area contributed by atoms with Crippen molar-refractivity contribution >= 4 is 17.6 Å². The number of rotatable bonds is 3. The molecular weight excluding hydrogens is 279 g/mol. The Bertz CT molecular complexity index is 394. The molecular formula is C7H15BF4N2O3S. The third kappa shape index (κ3) is 5.69. The van der Waals surface area contributed by atoms with Crippen LogP contribution in [0.25, 0.3) is 0 Å². The van der Waals surface area contributed by atoms with Crippen molar-refractivity contribution < 1.29 is 34.1 Å². The van der Waals surface area contributed by atoms with E-state index in [9.17, 15) is 25.7 Å². The largest absolute Gasteiger partial charge is 0.673 e. The molecule has 1 atom stereocenters. The van der Waals surface area contributed by atoms with Crippen LogP contribution >= 0.6 is 0 Å². The van der Waals surface area contributed by atoms with E-state index in [4.69, 9.17) is 4.55 Å². The van der Waals surface area contributed by atoms with E-state index in [1.54, 1.807) is 18.1 Å². The van der Waals surface area contributed by atoms with Crippen molar-refractivity contribution in [2.75, 3.05) is 20.3 Å². The molecule has 108 valence electrons. The van der Waals surface area contributed by atoms with E-state index in [1.165, 1.54) is 6.20 Å². The molecule has 11 heteroatoms. The van der Waals surface area contributed by atoms with Gasteiger partial charge in [-0.1, -0.05) is 6.92 Å². The molecule has 1 N–H and O–H groups in total. The number of hydrogen-bond acceptors (Lipinski definition) is 3. The van der Waals surface area contributed by atoms with Gasteiger partial charge in [-0.15, -0.1) is 12.3 Å². The highest BCUT2D eigenvalue weighted by molar-refractivity contribution is 7.80. The molecule has 0 radical (unpaired) electrons. The summed E-state index contributed by atoms with van der Waals surface area (Å²) in [5.41, 5.74) is 0. The van der Waals surface area contributed by atoms with Crippen molar-refractivity contribution in [1.29, 1.82) is 0 Å². The molecule has 1 rings (SSSR count). The number of quaternary nitrogens is 1. The van der Waals surface area contributed by atoms with Gasteiger partial charge in [-0.2, -0.15) is 0 Å². The second-order valence-corrected chi connectivity index (χ2v) is 5.44. The summed E-state index contributed by atoms with van der Waals surface area (Å²) in [4.78, 5) is 1.74. The van der Waals surface area contributed by atoms with Crippen LogP contribution < -0.4 is 0 Å². The van der Waals surface area contributed by atoms with Crippen LogP contribution in [0.4, 0.5) is 17.3 Å². The van der Waals surface area contributed by atoms with Gasteiger partial charge in [0, 0.05) is 7.05 Å². The average Bonchev–Trinajstić information content (AvgIpc) is 2.45. The SMILES string of the molecule is CCC[N+]1(S(=O)(=O)O)C=CN(C)C1.F[B-](F)(F)F. The van der Waals surface area contributed by atoms with Crippen molar-refractivity contribution in [2.45, 2.75) is 13.3 Å². The maximum absolute atomic E-state index is 11.1. The number of halogens is 4. The molecule has 5 nitrogen and oxygen atoms in total. The molecule has 0 aliphatic carbocycles. The molecule has 0 spiro atoms. The highest BCUT2D eigenvalue weighted by atomic mass is 32.2. The second-order valence-electron chi connectivity index (χ2n) is 3.82. The van der Waals surface area contributed by atoms with Crippen LogP contribution in [-0.4, -0.2) is 49.3 Å². The van der Waals surface area contributed by atoms with Crippen molar-refractivity contribution in [3.05, 3.63) is 12.4 Å². The third-order valence-corrected chi connectivity index (χ3v) is 3.46. The fraction of sp³-hybridized carbons (Fsp3) is 0.714. The highest BCUT2D eigenvalue weighted by Crippen LogP contribution is 2.22. The summed E-state index contributed by atoms with van der Waals surface area (Å²) in [6.45, 7) is 2.57. The first-order chi connectivity index (χ1) is 7.91. The Morgan fingerprint density at radius 2 is 1.83 bits per heavy atom. The molecule has 1 aliphatic rings. The van der Waals surface area contributed by atoms with E-state index in [2.05, 4.69) is 0 Å². The lowest BCUT2D eigenvalue weighted by molar-refractivity contribution is -0.759. The minimum atomic E-state index is -6.00. The standard InChI is InChI=1S/C7H14N2O3S.BF4/c1-3-5-9(13(10,11)12)6-4-8(2)7-9;2-1(3,4)5/h4,6H,3,5,7H2,1-2H3;/q;-1/p+1. The molecule has 0 aromatic heterocycles. The van der Waals surface area contributed by atoms with Crippen LogP contribution in [0.5, 0.6) is 0 Å². The summed E-state index contributed by atoms with van der Waals surface area (Å²) in [6, 6.07) is 0. The lowest BCUT2D eigenvalue weighted by Gasteiger charge is -2.26. The molecule has 1 unspecified atom stereocenters. The monoisotopic (exact) mass is 294 g/mol. The quantitative estimate of drug-likeness (QED) is 0.372. The van der Waals surface area contributed by atoms with Crippen LogP contribution in [0.2, 0.25) is 0 Å². The highest BCUT2D eigenvalue weighted by Gasteiger charge is 2.42. The van der Waals surface area contributed by atoms with Crippen molar-refractivity contribution in [1.82, 2.24) is 4.90 Å². The normalized spacial score (nSPS) is 23.8. The number of nitrogens with zero attached hydrogens (tertiary/aromatic N) is 2. The van der Waals surface area contributed by atoms with E-state index >= 15 is 0 Å². The Morgan fingerprint density at radius 3 is 2.06 bits per heavy atom. The van der Waals surface area contributed by atoms with Crippen LogP contribution in [0.1, 0.15) is 13.3 Å². The molecule has 18 heavy (non-hydrogen) atoms. The molecule has 0 aromatic carbocycles. The smallest absolute Gasteiger partial charge is 0.418 e. The van der Waals surface area contributed by atoms with E-state index in [0.29, 0.717) is 13.0 Å². The fourth-order valence-corrected chi connectivity index (χ4v) is 2.45. The van der Waals surface area contributed by atoms with Gasteiger partial charge in [0.1, 0.15) is 12.7 Å². The van der Waals surface area contributed by atoms with Crippen molar-refractivity contribution in [3.63, 3.8) is 0 Å². The van der Waals surface area contributed by atoms with Gasteiger partial charge < -0.3 is 22.2 Å². The minimum absolute atomic E-state index is 0.284. The summed E-state index contributed by atoms with van der Waals surface area (Å²) in [7, 11) is -8.28. The van der Waals surface area contributed by atoms with Gasteiger partial charge >= 0.3 is 17.6 Å². The lowest BCUT2D eigenvalue weighted by atomic mass is 10.3. The molecule has 1 heterocycles. The summed E-state index contributed by atoms with van der Waals surface area (Å²) in [5, 5.41) is 0.